The van der Waals surface area contributed by atoms with E-state index in [1.54, 1.807) is 12.1 Å². The summed E-state index contributed by atoms with van der Waals surface area (Å²) in [4.78, 5) is 0. The van der Waals surface area contributed by atoms with Gasteiger partial charge in [0.15, 0.2) is 0 Å². The van der Waals surface area contributed by atoms with E-state index < -0.39 is 0 Å². The summed E-state index contributed by atoms with van der Waals surface area (Å²) in [6.07, 6.45) is 0.498. The fourth-order valence-electron chi connectivity index (χ4n) is 2.42. The minimum atomic E-state index is -0.265. The Morgan fingerprint density at radius 3 is 2.75 bits per heavy atom. The largest absolute Gasteiger partial charge is 0.309 e. The van der Waals surface area contributed by atoms with Crippen LogP contribution in [-0.2, 0) is 13.5 Å². The smallest absolute Gasteiger partial charge is 0.127 e. The molecule has 1 aromatic carbocycles. The molecule has 1 atom stereocenters. The van der Waals surface area contributed by atoms with E-state index in [4.69, 9.17) is 11.6 Å². The molecule has 0 saturated heterocycles. The van der Waals surface area contributed by atoms with Crippen molar-refractivity contribution in [3.05, 3.63) is 52.1 Å². The summed E-state index contributed by atoms with van der Waals surface area (Å²) < 4.78 is 15.8. The molecule has 0 saturated carbocycles. The highest BCUT2D eigenvalue weighted by atomic mass is 35.5. The van der Waals surface area contributed by atoms with Gasteiger partial charge in [-0.15, -0.1) is 0 Å². The van der Waals surface area contributed by atoms with Crippen LogP contribution in [0, 0.1) is 12.7 Å². The summed E-state index contributed by atoms with van der Waals surface area (Å²) in [6, 6.07) is 6.79. The van der Waals surface area contributed by atoms with Crippen LogP contribution in [-0.4, -0.2) is 16.3 Å². The predicted octanol–water partition coefficient (Wildman–Crippen LogP) is 3.41. The van der Waals surface area contributed by atoms with E-state index in [1.807, 2.05) is 31.6 Å². The zero-order valence-electron chi connectivity index (χ0n) is 12.0. The summed E-state index contributed by atoms with van der Waals surface area (Å²) in [5, 5.41) is 8.19. The van der Waals surface area contributed by atoms with Gasteiger partial charge < -0.3 is 5.32 Å². The molecule has 1 unspecified atom stereocenters. The van der Waals surface area contributed by atoms with Gasteiger partial charge in [0.25, 0.3) is 0 Å². The first-order valence-electron chi connectivity index (χ1n) is 6.69. The summed E-state index contributed by atoms with van der Waals surface area (Å²) in [5.41, 5.74) is 2.52. The molecule has 20 heavy (non-hydrogen) atoms. The van der Waals surface area contributed by atoms with Crippen LogP contribution in [0.2, 0.25) is 5.02 Å². The number of aromatic nitrogens is 2. The Hall–Kier alpha value is -1.39. The second-order valence-corrected chi connectivity index (χ2v) is 5.26. The summed E-state index contributed by atoms with van der Waals surface area (Å²) >= 11 is 6.12. The fourth-order valence-corrected chi connectivity index (χ4v) is 2.66. The molecular weight excluding hydrogens is 277 g/mol. The quantitative estimate of drug-likeness (QED) is 0.916. The first-order valence-corrected chi connectivity index (χ1v) is 7.07. The molecule has 1 aromatic heterocycles. The number of nitrogens with one attached hydrogen (secondary N) is 1. The molecule has 0 fully saturated rings. The van der Waals surface area contributed by atoms with Crippen LogP contribution in [0.4, 0.5) is 4.39 Å². The van der Waals surface area contributed by atoms with Crippen molar-refractivity contribution in [1.29, 1.82) is 0 Å². The van der Waals surface area contributed by atoms with Gasteiger partial charge in [0.1, 0.15) is 5.82 Å². The van der Waals surface area contributed by atoms with E-state index in [0.717, 1.165) is 17.9 Å². The molecule has 108 valence electrons. The number of nitrogens with zero attached hydrogens (tertiary/aromatic N) is 2. The second kappa shape index (κ2) is 6.37. The number of likely N-dealkylation sites (N-methyl/N-ethyl adjacent to an activating group) is 1. The summed E-state index contributed by atoms with van der Waals surface area (Å²) in [7, 11) is 1.90. The van der Waals surface area contributed by atoms with Crippen molar-refractivity contribution in [2.75, 3.05) is 6.54 Å². The zero-order chi connectivity index (χ0) is 14.7. The van der Waals surface area contributed by atoms with Crippen molar-refractivity contribution in [3.63, 3.8) is 0 Å². The lowest BCUT2D eigenvalue weighted by molar-refractivity contribution is 0.495. The molecule has 1 heterocycles. The van der Waals surface area contributed by atoms with Crippen molar-refractivity contribution >= 4 is 11.6 Å². The molecule has 0 bridgehead atoms. The molecule has 0 radical (unpaired) electrons. The van der Waals surface area contributed by atoms with Crippen LogP contribution in [0.15, 0.2) is 24.3 Å². The highest BCUT2D eigenvalue weighted by molar-refractivity contribution is 6.31. The molecule has 2 rings (SSSR count). The Morgan fingerprint density at radius 1 is 1.45 bits per heavy atom. The van der Waals surface area contributed by atoms with Crippen LogP contribution in [0.1, 0.15) is 29.9 Å². The van der Waals surface area contributed by atoms with Gasteiger partial charge in [0, 0.05) is 17.6 Å². The number of rotatable bonds is 5. The van der Waals surface area contributed by atoms with Crippen LogP contribution in [0.5, 0.6) is 0 Å². The maximum Gasteiger partial charge on any atom is 0.127 e. The number of hydrogen-bond acceptors (Lipinski definition) is 2. The van der Waals surface area contributed by atoms with E-state index in [1.165, 1.54) is 6.07 Å². The van der Waals surface area contributed by atoms with Gasteiger partial charge in [-0.2, -0.15) is 5.10 Å². The molecule has 0 aliphatic carbocycles. The lowest BCUT2D eigenvalue weighted by atomic mass is 10.0. The monoisotopic (exact) mass is 295 g/mol. The van der Waals surface area contributed by atoms with E-state index in [0.29, 0.717) is 17.0 Å². The Bertz CT molecular complexity index is 575. The van der Waals surface area contributed by atoms with Crippen LogP contribution < -0.4 is 5.32 Å². The van der Waals surface area contributed by atoms with E-state index in [9.17, 15) is 4.39 Å². The van der Waals surface area contributed by atoms with Gasteiger partial charge in [0.05, 0.1) is 17.4 Å². The third-order valence-electron chi connectivity index (χ3n) is 3.32. The van der Waals surface area contributed by atoms with E-state index in [2.05, 4.69) is 10.4 Å². The van der Waals surface area contributed by atoms with Crippen LogP contribution >= 0.6 is 11.6 Å². The highest BCUT2D eigenvalue weighted by Crippen LogP contribution is 2.26. The van der Waals surface area contributed by atoms with Crippen molar-refractivity contribution in [1.82, 2.24) is 15.1 Å². The maximum atomic E-state index is 13.9. The molecule has 0 spiro atoms. The molecule has 3 nitrogen and oxygen atoms in total. The topological polar surface area (TPSA) is 29.9 Å². The minimum absolute atomic E-state index is 0.0133. The standard InChI is InChI=1S/C15H19ClFN3/c1-4-18-14(15-8-10(2)19-20(15)3)9-11-12(16)6-5-7-13(11)17/h5-8,14,18H,4,9H2,1-3H3. The third-order valence-corrected chi connectivity index (χ3v) is 3.67. The summed E-state index contributed by atoms with van der Waals surface area (Å²) in [5.74, 6) is -0.265. The lowest BCUT2D eigenvalue weighted by Gasteiger charge is -2.19. The maximum absolute atomic E-state index is 13.9. The lowest BCUT2D eigenvalue weighted by Crippen LogP contribution is -2.25. The first kappa shape index (κ1) is 15.0. The zero-order valence-corrected chi connectivity index (χ0v) is 12.7. The molecule has 0 amide bonds. The van der Waals surface area contributed by atoms with Crippen molar-refractivity contribution in [3.8, 4) is 0 Å². The van der Waals surface area contributed by atoms with Gasteiger partial charge in [-0.1, -0.05) is 24.6 Å². The second-order valence-electron chi connectivity index (χ2n) is 4.85. The van der Waals surface area contributed by atoms with Crippen LogP contribution in [0.3, 0.4) is 0 Å². The SMILES string of the molecule is CCNC(Cc1c(F)cccc1Cl)c1cc(C)nn1C. The van der Waals surface area contributed by atoms with Gasteiger partial charge >= 0.3 is 0 Å². The Labute approximate surface area is 123 Å². The van der Waals surface area contributed by atoms with Gasteiger partial charge in [-0.3, -0.25) is 4.68 Å². The number of halogens is 2. The fraction of sp³-hybridized carbons (Fsp3) is 0.400. The molecule has 5 heteroatoms. The molecule has 1 N–H and O–H groups in total. The summed E-state index contributed by atoms with van der Waals surface area (Å²) in [6.45, 7) is 4.77. The Balaban J connectivity index is 2.33. The number of aryl methyl sites for hydroxylation is 2. The average molecular weight is 296 g/mol. The Morgan fingerprint density at radius 2 is 2.20 bits per heavy atom. The third kappa shape index (κ3) is 3.19. The highest BCUT2D eigenvalue weighted by Gasteiger charge is 2.19. The molecule has 0 aliphatic heterocycles. The van der Waals surface area contributed by atoms with Gasteiger partial charge in [0.2, 0.25) is 0 Å². The van der Waals surface area contributed by atoms with Crippen molar-refractivity contribution in [2.24, 2.45) is 7.05 Å². The minimum Gasteiger partial charge on any atom is -0.309 e. The van der Waals surface area contributed by atoms with Crippen molar-refractivity contribution < 1.29 is 4.39 Å². The molecular formula is C15H19ClFN3. The normalized spacial score (nSPS) is 12.7. The number of benzene rings is 1. The molecule has 2 aromatic rings. The predicted molar refractivity (Wildman–Crippen MR) is 79.5 cm³/mol. The Kier molecular flexibility index (Phi) is 4.78. The van der Waals surface area contributed by atoms with Gasteiger partial charge in [-0.25, -0.2) is 4.39 Å². The number of hydrogen-bond donors (Lipinski definition) is 1. The molecule has 0 aliphatic rings. The average Bonchev–Trinajstić information content (AvgIpc) is 2.72. The van der Waals surface area contributed by atoms with Gasteiger partial charge in [-0.05, 0) is 38.1 Å². The first-order chi connectivity index (χ1) is 9.52. The van der Waals surface area contributed by atoms with E-state index >= 15 is 0 Å². The van der Waals surface area contributed by atoms with Crippen LogP contribution in [0.25, 0.3) is 0 Å². The van der Waals surface area contributed by atoms with Crippen molar-refractivity contribution in [2.45, 2.75) is 26.3 Å². The van der Waals surface area contributed by atoms with E-state index in [-0.39, 0.29) is 11.9 Å².